The molecule has 0 radical (unpaired) electrons. The Balaban J connectivity index is 2.03. The summed E-state index contributed by atoms with van der Waals surface area (Å²) < 4.78 is 1.12. The van der Waals surface area contributed by atoms with E-state index in [4.69, 9.17) is 0 Å². The van der Waals surface area contributed by atoms with Gasteiger partial charge in [0, 0.05) is 36.2 Å². The molecule has 1 fully saturated rings. The van der Waals surface area contributed by atoms with Gasteiger partial charge in [0.05, 0.1) is 6.54 Å². The van der Waals surface area contributed by atoms with Crippen LogP contribution in [0.15, 0.2) is 54.3 Å². The van der Waals surface area contributed by atoms with Crippen molar-refractivity contribution in [3.05, 3.63) is 65.5 Å². The number of amides is 1. The summed E-state index contributed by atoms with van der Waals surface area (Å²) in [5.41, 5.74) is 3.21. The Morgan fingerprint density at radius 2 is 1.74 bits per heavy atom. The first-order valence-electron chi connectivity index (χ1n) is 9.50. The van der Waals surface area contributed by atoms with E-state index in [9.17, 15) is 9.90 Å². The molecule has 27 heavy (non-hydrogen) atoms. The van der Waals surface area contributed by atoms with Gasteiger partial charge in [-0.1, -0.05) is 46.3 Å². The van der Waals surface area contributed by atoms with Crippen LogP contribution in [0.1, 0.15) is 42.6 Å². The molecule has 0 unspecified atom stereocenters. The lowest BCUT2D eigenvalue weighted by Gasteiger charge is -2.28. The maximum atomic E-state index is 12.4. The van der Waals surface area contributed by atoms with E-state index < -0.39 is 0 Å². The first kappa shape index (κ1) is 21.5. The molecule has 1 aromatic rings. The molecule has 5 heteroatoms. The minimum absolute atomic E-state index is 0.0796. The monoisotopic (exact) mass is 432 g/mol. The van der Waals surface area contributed by atoms with E-state index in [0.29, 0.717) is 12.3 Å². The van der Waals surface area contributed by atoms with Crippen LogP contribution >= 0.6 is 15.9 Å². The number of aliphatic hydroxyl groups is 1. The average molecular weight is 433 g/mol. The quantitative estimate of drug-likeness (QED) is 0.486. The van der Waals surface area contributed by atoms with Crippen LogP contribution in [0.4, 0.5) is 0 Å². The molecule has 0 aliphatic carbocycles. The predicted molar refractivity (Wildman–Crippen MR) is 116 cm³/mol. The van der Waals surface area contributed by atoms with Crippen LogP contribution in [0.25, 0.3) is 4.48 Å². The second-order valence-electron chi connectivity index (χ2n) is 6.64. The number of halogens is 1. The summed E-state index contributed by atoms with van der Waals surface area (Å²) >= 11 is 3.75. The average Bonchev–Trinajstić information content (AvgIpc) is 2.69. The second kappa shape index (κ2) is 10.5. The van der Waals surface area contributed by atoms with Crippen LogP contribution in [0.5, 0.6) is 0 Å². The van der Waals surface area contributed by atoms with Gasteiger partial charge < -0.3 is 10.0 Å². The minimum Gasteiger partial charge on any atom is -0.511 e. The Hall–Kier alpha value is -1.85. The molecule has 1 heterocycles. The topological polar surface area (TPSA) is 43.8 Å². The molecule has 1 aliphatic heterocycles. The normalized spacial score (nSPS) is 15.5. The van der Waals surface area contributed by atoms with Crippen molar-refractivity contribution >= 4 is 26.3 Å². The maximum Gasteiger partial charge on any atom is 0.253 e. The summed E-state index contributed by atoms with van der Waals surface area (Å²) in [5.74, 6) is 0.431. The van der Waals surface area contributed by atoms with Gasteiger partial charge in [0.1, 0.15) is 5.76 Å². The lowest BCUT2D eigenvalue weighted by Crippen LogP contribution is -2.32. The third-order valence-corrected chi connectivity index (χ3v) is 5.92. The zero-order valence-corrected chi connectivity index (χ0v) is 17.8. The number of rotatable bonds is 7. The van der Waals surface area contributed by atoms with E-state index in [2.05, 4.69) is 27.4 Å². The Morgan fingerprint density at radius 1 is 1.19 bits per heavy atom. The third kappa shape index (κ3) is 5.81. The highest BCUT2D eigenvalue weighted by molar-refractivity contribution is 9.15. The van der Waals surface area contributed by atoms with E-state index in [-0.39, 0.29) is 5.91 Å². The van der Waals surface area contributed by atoms with Gasteiger partial charge >= 0.3 is 0 Å². The summed E-state index contributed by atoms with van der Waals surface area (Å²) in [5, 5.41) is 9.80. The second-order valence-corrected chi connectivity index (χ2v) is 7.44. The van der Waals surface area contributed by atoms with Crippen LogP contribution in [-0.2, 0) is 0 Å². The van der Waals surface area contributed by atoms with Crippen molar-refractivity contribution in [1.29, 1.82) is 0 Å². The summed E-state index contributed by atoms with van der Waals surface area (Å²) in [7, 11) is 0. The fourth-order valence-corrected chi connectivity index (χ4v) is 3.94. The smallest absolute Gasteiger partial charge is 0.253 e. The zero-order valence-electron chi connectivity index (χ0n) is 16.2. The molecule has 0 saturated carbocycles. The first-order chi connectivity index (χ1) is 13.0. The molecule has 1 saturated heterocycles. The van der Waals surface area contributed by atoms with Gasteiger partial charge in [-0.2, -0.15) is 0 Å². The largest absolute Gasteiger partial charge is 0.511 e. The number of carbonyl (C=O) groups is 1. The summed E-state index contributed by atoms with van der Waals surface area (Å²) in [6, 6.07) is 7.84. The van der Waals surface area contributed by atoms with Crippen LogP contribution in [-0.4, -0.2) is 53.5 Å². The van der Waals surface area contributed by atoms with E-state index >= 15 is 0 Å². The number of hydrogen-bond donors (Lipinski definition) is 1. The lowest BCUT2D eigenvalue weighted by atomic mass is 10.00. The Labute approximate surface area is 171 Å². The van der Waals surface area contributed by atoms with E-state index in [1.807, 2.05) is 43.0 Å². The minimum atomic E-state index is 0.0796. The predicted octanol–water partition coefficient (Wildman–Crippen LogP) is 5.00. The number of allylic oxidation sites excluding steroid dienone is 2. The molecular formula is C22H29BrN2O2. The fraction of sp³-hybridized carbons (Fsp3) is 0.409. The number of piperidine rings is 1. The highest BCUT2D eigenvalue weighted by Crippen LogP contribution is 2.31. The van der Waals surface area contributed by atoms with Gasteiger partial charge in [-0.25, -0.2) is 0 Å². The van der Waals surface area contributed by atoms with Crippen molar-refractivity contribution in [1.82, 2.24) is 9.80 Å². The van der Waals surface area contributed by atoms with E-state index in [1.165, 1.54) is 5.57 Å². The van der Waals surface area contributed by atoms with Gasteiger partial charge in [-0.3, -0.25) is 9.69 Å². The number of nitrogens with zero attached hydrogens (tertiary/aromatic N) is 2. The zero-order chi connectivity index (χ0) is 19.8. The van der Waals surface area contributed by atoms with Gasteiger partial charge in [0.2, 0.25) is 0 Å². The van der Waals surface area contributed by atoms with Crippen molar-refractivity contribution in [3.63, 3.8) is 0 Å². The molecule has 0 aromatic heterocycles. The van der Waals surface area contributed by atoms with Crippen molar-refractivity contribution < 1.29 is 9.90 Å². The molecule has 0 bridgehead atoms. The molecule has 1 N–H and O–H groups in total. The van der Waals surface area contributed by atoms with Crippen molar-refractivity contribution in [3.8, 4) is 0 Å². The number of aliphatic hydroxyl groups excluding tert-OH is 1. The van der Waals surface area contributed by atoms with Gasteiger partial charge in [-0.15, -0.1) is 0 Å². The fourth-order valence-electron chi connectivity index (χ4n) is 3.28. The molecule has 1 amide bonds. The third-order valence-electron chi connectivity index (χ3n) is 4.90. The highest BCUT2D eigenvalue weighted by atomic mass is 79.9. The molecule has 146 valence electrons. The Morgan fingerprint density at radius 3 is 2.26 bits per heavy atom. The van der Waals surface area contributed by atoms with Crippen LogP contribution in [0, 0.1) is 0 Å². The van der Waals surface area contributed by atoms with Crippen LogP contribution in [0.3, 0.4) is 0 Å². The summed E-state index contributed by atoms with van der Waals surface area (Å²) in [6.45, 7) is 11.4. The molecule has 1 aliphatic rings. The first-order valence-corrected chi connectivity index (χ1v) is 10.3. The number of carbonyl (C=O) groups excluding carboxylic acids is 1. The van der Waals surface area contributed by atoms with E-state index in [0.717, 1.165) is 54.6 Å². The molecule has 1 aromatic carbocycles. The molecule has 2 rings (SSSR count). The maximum absolute atomic E-state index is 12.4. The number of benzene rings is 1. The van der Waals surface area contributed by atoms with Crippen LogP contribution in [0.2, 0.25) is 0 Å². The van der Waals surface area contributed by atoms with Crippen molar-refractivity contribution in [2.24, 2.45) is 0 Å². The summed E-state index contributed by atoms with van der Waals surface area (Å²) in [6.07, 6.45) is 5.17. The van der Waals surface area contributed by atoms with Crippen molar-refractivity contribution in [2.75, 3.05) is 32.7 Å². The Bertz CT molecular complexity index is 708. The van der Waals surface area contributed by atoms with Gasteiger partial charge in [0.25, 0.3) is 5.91 Å². The molecule has 0 spiro atoms. The van der Waals surface area contributed by atoms with Gasteiger partial charge in [-0.05, 0) is 50.5 Å². The van der Waals surface area contributed by atoms with Crippen LogP contribution < -0.4 is 0 Å². The molecular weight excluding hydrogens is 404 g/mol. The Kier molecular flexibility index (Phi) is 8.32. The number of likely N-dealkylation sites (tertiary alicyclic amines) is 1. The SMILES string of the molecule is C=C/C=C(\O)CN1CCC(=C(Br)c2ccc(C(=O)N(CC)CC)cc2)CC1. The van der Waals surface area contributed by atoms with Gasteiger partial charge in [0.15, 0.2) is 0 Å². The lowest BCUT2D eigenvalue weighted by molar-refractivity contribution is 0.0773. The molecule has 4 nitrogen and oxygen atoms in total. The standard InChI is InChI=1S/C22H29BrN2O2/c1-4-7-20(26)16-24-14-12-18(13-15-24)21(23)17-8-10-19(11-9-17)22(27)25(5-2)6-3/h4,7-11,26H,1,5-6,12-16H2,2-3H3/b20-7-. The van der Waals surface area contributed by atoms with E-state index in [1.54, 1.807) is 12.2 Å². The highest BCUT2D eigenvalue weighted by Gasteiger charge is 2.18. The summed E-state index contributed by atoms with van der Waals surface area (Å²) in [4.78, 5) is 16.5. The number of hydrogen-bond acceptors (Lipinski definition) is 3. The van der Waals surface area contributed by atoms with Crippen molar-refractivity contribution in [2.45, 2.75) is 26.7 Å². The molecule has 0 atom stereocenters.